The van der Waals surface area contributed by atoms with Crippen LogP contribution in [0.15, 0.2) is 340 Å². The van der Waals surface area contributed by atoms with Crippen molar-refractivity contribution in [1.29, 1.82) is 0 Å². The largest absolute Gasteiger partial charge is 3.00 e. The zero-order valence-electron chi connectivity index (χ0n) is 52.2. The molecule has 2 aromatic heterocycles. The number of ketones is 4. The van der Waals surface area contributed by atoms with Crippen molar-refractivity contribution < 1.29 is 142 Å². The summed E-state index contributed by atoms with van der Waals surface area (Å²) in [5.74, 6) is -2.14. The third kappa shape index (κ3) is 28.0. The Kier molecular flexibility index (Phi) is 38.7. The van der Waals surface area contributed by atoms with Crippen LogP contribution in [0.25, 0.3) is 44.8 Å². The minimum Gasteiger partial charge on any atom is -0.872 e. The molecule has 10 aromatic carbocycles. The fourth-order valence-corrected chi connectivity index (χ4v) is 8.11. The molecule has 0 bridgehead atoms. The maximum Gasteiger partial charge on any atom is 3.00 e. The molecule has 16 heteroatoms. The van der Waals surface area contributed by atoms with Gasteiger partial charge in [-0.2, -0.15) is 0 Å². The third-order valence-electron chi connectivity index (χ3n) is 12.7. The summed E-state index contributed by atoms with van der Waals surface area (Å²) in [5.41, 5.74) is 5.30. The van der Waals surface area contributed by atoms with Crippen molar-refractivity contribution in [3.8, 4) is 11.5 Å². The van der Waals surface area contributed by atoms with Gasteiger partial charge in [-0.05, 0) is 69.5 Å². The van der Waals surface area contributed by atoms with E-state index in [0.717, 1.165) is 49.3 Å². The second kappa shape index (κ2) is 46.2. The molecule has 0 amide bonds. The van der Waals surface area contributed by atoms with Crippen LogP contribution in [0.4, 0.5) is 0 Å². The molecule has 14 nitrogen and oxygen atoms in total. The fraction of sp³-hybridized carbons (Fsp3) is 0.0250. The summed E-state index contributed by atoms with van der Waals surface area (Å²) in [5, 5.41) is 85.0. The molecule has 2 radical (unpaired) electrons. The molecule has 0 saturated carbocycles. The van der Waals surface area contributed by atoms with Gasteiger partial charge in [-0.3, -0.25) is 29.1 Å². The van der Waals surface area contributed by atoms with Gasteiger partial charge in [-0.25, -0.2) is 0 Å². The molecule has 12 rings (SSSR count). The molecule has 0 fully saturated rings. The number of pyridine rings is 2. The second-order valence-electron chi connectivity index (χ2n) is 19.1. The molecule has 0 saturated heterocycles. The Hall–Kier alpha value is -9.92. The molecule has 2 N–H and O–H groups in total. The van der Waals surface area contributed by atoms with Crippen LogP contribution in [0.1, 0.15) is 63.7 Å². The first-order chi connectivity index (χ1) is 45.8. The van der Waals surface area contributed by atoms with Gasteiger partial charge >= 0.3 is 81.7 Å². The predicted octanol–water partition coefficient (Wildman–Crippen LogP) is 10.9. The van der Waals surface area contributed by atoms with E-state index in [9.17, 15) is 49.8 Å². The van der Waals surface area contributed by atoms with Gasteiger partial charge in [0.2, 0.25) is 0 Å². The number of aromatic nitrogens is 2. The van der Waals surface area contributed by atoms with E-state index in [1.165, 1.54) is 12.1 Å². The van der Waals surface area contributed by atoms with Crippen molar-refractivity contribution in [2.45, 2.75) is 0 Å². The summed E-state index contributed by atoms with van der Waals surface area (Å²) >= 11 is 0. The number of nitrogens with zero attached hydrogens (tertiary/aromatic N) is 2. The number of carbonyl (C=O) groups is 4. The topological polar surface area (TPSA) is 273 Å². The zero-order valence-corrected chi connectivity index (χ0v) is 58.6. The van der Waals surface area contributed by atoms with Crippen LogP contribution < -0.4 is 30.6 Å². The van der Waals surface area contributed by atoms with Crippen molar-refractivity contribution in [3.05, 3.63) is 385 Å². The van der Waals surface area contributed by atoms with Gasteiger partial charge in [0.1, 0.15) is 0 Å². The van der Waals surface area contributed by atoms with E-state index >= 15 is 0 Å². The average molecular weight is 1530 g/mol. The number of hydrogen-bond donors (Lipinski definition) is 2. The van der Waals surface area contributed by atoms with E-state index in [4.69, 9.17) is 10.2 Å². The molecule has 0 aliphatic rings. The molecule has 0 aliphatic heterocycles. The number of allylic oxidation sites excluding steroid dienone is 4. The maximum atomic E-state index is 11.8. The Morgan fingerprint density at radius 1 is 0.260 bits per heavy atom. The van der Waals surface area contributed by atoms with E-state index in [2.05, 4.69) is 9.97 Å². The van der Waals surface area contributed by atoms with Crippen molar-refractivity contribution >= 4 is 68.0 Å². The summed E-state index contributed by atoms with van der Waals surface area (Å²) in [4.78, 5) is 54.9. The van der Waals surface area contributed by atoms with E-state index in [-0.39, 0.29) is 139 Å². The minimum absolute atomic E-state index is 0. The van der Waals surface area contributed by atoms with E-state index < -0.39 is 0 Å². The Morgan fingerprint density at radius 3 is 0.625 bits per heavy atom. The molecule has 0 spiro atoms. The average Bonchev–Trinajstić information content (AvgIpc) is 1.08. The van der Waals surface area contributed by atoms with Crippen molar-refractivity contribution in [2.24, 2.45) is 0 Å². The van der Waals surface area contributed by atoms with Crippen molar-refractivity contribution in [2.75, 3.05) is 14.2 Å². The van der Waals surface area contributed by atoms with Crippen LogP contribution in [-0.4, -0.2) is 57.5 Å². The smallest absolute Gasteiger partial charge is 0.872 e. The van der Waals surface area contributed by atoms with Crippen LogP contribution >= 0.6 is 0 Å². The number of hydrogen-bond acceptors (Lipinski definition) is 14. The van der Waals surface area contributed by atoms with E-state index in [1.54, 1.807) is 219 Å². The molecule has 0 unspecified atom stereocenters. The summed E-state index contributed by atoms with van der Waals surface area (Å²) < 4.78 is 0. The van der Waals surface area contributed by atoms with E-state index in [0.29, 0.717) is 55.5 Å². The Morgan fingerprint density at radius 2 is 0.438 bits per heavy atom. The Labute approximate surface area is 623 Å². The summed E-state index contributed by atoms with van der Waals surface area (Å²) in [6.07, 6.45) is 7.78. The van der Waals surface area contributed by atoms with Gasteiger partial charge in [-0.15, -0.1) is 0 Å². The van der Waals surface area contributed by atoms with Crippen LogP contribution in [0.2, 0.25) is 0 Å². The number of fused-ring (bicyclic) bond motifs is 2. The molecule has 0 aliphatic carbocycles. The third-order valence-corrected chi connectivity index (χ3v) is 12.7. The molecule has 96 heavy (non-hydrogen) atoms. The molecule has 12 aromatic rings. The van der Waals surface area contributed by atoms with Gasteiger partial charge in [-0.1, -0.05) is 326 Å². The SMILES string of the molecule is CO.CO.O=C(/C=C(\[O-])c1ccccc1)c1ccccc1.O=C(/C=C(\[O-])c1ccccc1)c1ccccc1.O=C(/C=C(\[O-])c1ccccc1)c1ccccc1.O=C(/C=C(\[O-])c1ccccc1)c1ccccc1.[Nd+3].[Nd+3].[O-]c1cccc2cccnc12.[O-]c1cccc2cccnc12. The molecule has 2 heterocycles. The number of para-hydroxylation sites is 2. The number of carbonyl (C=O) groups excluding carboxylic acids is 4. The predicted molar refractivity (Wildman–Crippen MR) is 359 cm³/mol. The number of benzene rings is 10. The Balaban J connectivity index is 0.000000298. The number of aliphatic hydroxyl groups excluding tert-OH is 2. The first-order valence-corrected chi connectivity index (χ1v) is 28.9. The van der Waals surface area contributed by atoms with Crippen molar-refractivity contribution in [3.63, 3.8) is 0 Å². The van der Waals surface area contributed by atoms with Crippen LogP contribution in [0, 0.1) is 81.7 Å². The summed E-state index contributed by atoms with van der Waals surface area (Å²) in [6.45, 7) is 0. The monoisotopic (exact) mass is 1530 g/mol. The van der Waals surface area contributed by atoms with Gasteiger partial charge < -0.3 is 40.9 Å². The Bertz CT molecular complexity index is 3860. The van der Waals surface area contributed by atoms with E-state index in [1.807, 2.05) is 84.9 Å². The summed E-state index contributed by atoms with van der Waals surface area (Å²) in [6, 6.07) is 87.7. The number of rotatable bonds is 12. The van der Waals surface area contributed by atoms with Gasteiger partial charge in [0.05, 0.1) is 11.0 Å². The molecular weight excluding hydrogens is 1470 g/mol. The molecule has 0 atom stereocenters. The van der Waals surface area contributed by atoms with Gasteiger partial charge in [0.25, 0.3) is 0 Å². The second-order valence-corrected chi connectivity index (χ2v) is 19.1. The summed E-state index contributed by atoms with van der Waals surface area (Å²) in [7, 11) is 2.00. The van der Waals surface area contributed by atoms with Gasteiger partial charge in [0.15, 0.2) is 23.1 Å². The van der Waals surface area contributed by atoms with Crippen molar-refractivity contribution in [1.82, 2.24) is 9.97 Å². The molecule has 474 valence electrons. The normalized spacial score (nSPS) is 10.4. The fourth-order valence-electron chi connectivity index (χ4n) is 8.11. The van der Waals surface area contributed by atoms with Crippen LogP contribution in [0.5, 0.6) is 11.5 Å². The van der Waals surface area contributed by atoms with Crippen LogP contribution in [-0.2, 0) is 0 Å². The maximum absolute atomic E-state index is 11.8. The van der Waals surface area contributed by atoms with Crippen LogP contribution in [0.3, 0.4) is 0 Å². The first-order valence-electron chi connectivity index (χ1n) is 28.9. The van der Waals surface area contributed by atoms with Gasteiger partial charge in [0, 0.05) is 48.9 Å². The standard InChI is InChI=1S/4C15H12O2.2C9H7NO.2CH4O.2Nd/c4*16-14(12-7-3-1-4-8-12)11-15(17)13-9-5-2-6-10-13;2*11-8-5-1-3-7-4-2-6-10-9(7)8;2*1-2;;/h4*1-11,16H;2*1-6,11H;2*2H,1H3;;/q;;;;;;;;2*+3/p-6/b4*14-11-;;;;;;. The number of aliphatic hydroxyl groups is 2. The molecular formula is C80H64N2Nd2O12. The zero-order chi connectivity index (χ0) is 67.7. The minimum atomic E-state index is -0.264. The quantitative estimate of drug-likeness (QED) is 0.0654. The first kappa shape index (κ1) is 80.3.